The third-order valence-corrected chi connectivity index (χ3v) is 2.49. The first-order valence-electron chi connectivity index (χ1n) is 6.12. The Morgan fingerprint density at radius 2 is 1.82 bits per heavy atom. The van der Waals surface area contributed by atoms with Crippen LogP contribution >= 0.6 is 0 Å². The topological polar surface area (TPSA) is 27.7 Å². The van der Waals surface area contributed by atoms with Crippen LogP contribution in [0.15, 0.2) is 24.3 Å². The molecular formula is C14H22O3. The highest BCUT2D eigenvalue weighted by atomic mass is 16.7. The van der Waals surface area contributed by atoms with E-state index in [0.29, 0.717) is 6.61 Å². The smallest absolute Gasteiger partial charge is 0.155 e. The molecule has 0 bridgehead atoms. The highest BCUT2D eigenvalue weighted by molar-refractivity contribution is 5.26. The van der Waals surface area contributed by atoms with Gasteiger partial charge in [-0.15, -0.1) is 0 Å². The fourth-order valence-electron chi connectivity index (χ4n) is 1.38. The van der Waals surface area contributed by atoms with Crippen LogP contribution in [0.1, 0.15) is 32.3 Å². The standard InChI is InChI=1S/C14H22O3/c1-4-5-10-16-12(2)17-11-13-6-8-14(15-3)9-7-13/h6-9,12H,4-5,10-11H2,1-3H3/t12-/m0/s1. The predicted octanol–water partition coefficient (Wildman–Crippen LogP) is 3.37. The summed E-state index contributed by atoms with van der Waals surface area (Å²) in [6.45, 7) is 5.41. The zero-order chi connectivity index (χ0) is 12.5. The number of hydrogen-bond acceptors (Lipinski definition) is 3. The second-order valence-corrected chi connectivity index (χ2v) is 3.95. The van der Waals surface area contributed by atoms with Crippen LogP contribution < -0.4 is 4.74 Å². The summed E-state index contributed by atoms with van der Waals surface area (Å²) < 4.78 is 16.2. The van der Waals surface area contributed by atoms with Crippen LogP contribution in [0.25, 0.3) is 0 Å². The van der Waals surface area contributed by atoms with E-state index in [1.807, 2.05) is 31.2 Å². The number of unbranched alkanes of at least 4 members (excludes halogenated alkanes) is 1. The van der Waals surface area contributed by atoms with Crippen molar-refractivity contribution in [2.75, 3.05) is 13.7 Å². The van der Waals surface area contributed by atoms with Crippen molar-refractivity contribution >= 4 is 0 Å². The Morgan fingerprint density at radius 1 is 1.12 bits per heavy atom. The maximum atomic E-state index is 5.59. The van der Waals surface area contributed by atoms with Crippen LogP contribution in [0.4, 0.5) is 0 Å². The van der Waals surface area contributed by atoms with E-state index >= 15 is 0 Å². The Labute approximate surface area is 104 Å². The summed E-state index contributed by atoms with van der Waals surface area (Å²) in [5, 5.41) is 0. The fourth-order valence-corrected chi connectivity index (χ4v) is 1.38. The molecule has 1 aromatic carbocycles. The maximum absolute atomic E-state index is 5.59. The molecule has 0 N–H and O–H groups in total. The average molecular weight is 238 g/mol. The minimum Gasteiger partial charge on any atom is -0.497 e. The number of rotatable bonds is 8. The average Bonchev–Trinajstić information content (AvgIpc) is 2.37. The van der Waals surface area contributed by atoms with Gasteiger partial charge in [-0.25, -0.2) is 0 Å². The van der Waals surface area contributed by atoms with Crippen LogP contribution in [0.3, 0.4) is 0 Å². The normalized spacial score (nSPS) is 12.4. The molecule has 17 heavy (non-hydrogen) atoms. The summed E-state index contributed by atoms with van der Waals surface area (Å²) in [6.07, 6.45) is 2.07. The molecule has 0 unspecified atom stereocenters. The van der Waals surface area contributed by atoms with Crippen molar-refractivity contribution in [3.8, 4) is 5.75 Å². The summed E-state index contributed by atoms with van der Waals surface area (Å²) >= 11 is 0. The molecule has 0 amide bonds. The van der Waals surface area contributed by atoms with Crippen molar-refractivity contribution < 1.29 is 14.2 Å². The van der Waals surface area contributed by atoms with Gasteiger partial charge in [-0.05, 0) is 31.0 Å². The van der Waals surface area contributed by atoms with Crippen molar-refractivity contribution in [2.24, 2.45) is 0 Å². The Kier molecular flexibility index (Phi) is 6.67. The first kappa shape index (κ1) is 14.0. The third kappa shape index (κ3) is 5.71. The molecule has 3 nitrogen and oxygen atoms in total. The molecule has 3 heteroatoms. The van der Waals surface area contributed by atoms with Crippen LogP contribution in [-0.2, 0) is 16.1 Å². The van der Waals surface area contributed by atoms with Gasteiger partial charge in [-0.2, -0.15) is 0 Å². The largest absolute Gasteiger partial charge is 0.497 e. The van der Waals surface area contributed by atoms with Crippen LogP contribution in [-0.4, -0.2) is 20.0 Å². The molecule has 0 saturated carbocycles. The first-order valence-corrected chi connectivity index (χ1v) is 6.12. The van der Waals surface area contributed by atoms with Crippen molar-refractivity contribution in [3.05, 3.63) is 29.8 Å². The van der Waals surface area contributed by atoms with Crippen molar-refractivity contribution in [1.82, 2.24) is 0 Å². The van der Waals surface area contributed by atoms with Crippen LogP contribution in [0.2, 0.25) is 0 Å². The molecule has 1 aromatic rings. The van der Waals surface area contributed by atoms with E-state index in [0.717, 1.165) is 30.8 Å². The molecular weight excluding hydrogens is 216 g/mol. The SMILES string of the molecule is CCCCO[C@H](C)OCc1ccc(OC)cc1. The van der Waals surface area contributed by atoms with Gasteiger partial charge in [0.1, 0.15) is 5.75 Å². The summed E-state index contributed by atoms with van der Waals surface area (Å²) in [4.78, 5) is 0. The molecule has 0 fully saturated rings. The summed E-state index contributed by atoms with van der Waals surface area (Å²) in [7, 11) is 1.66. The second-order valence-electron chi connectivity index (χ2n) is 3.95. The number of methoxy groups -OCH3 is 1. The molecule has 0 aliphatic heterocycles. The van der Waals surface area contributed by atoms with Gasteiger partial charge in [-0.1, -0.05) is 25.5 Å². The van der Waals surface area contributed by atoms with E-state index in [9.17, 15) is 0 Å². The molecule has 1 atom stereocenters. The summed E-state index contributed by atoms with van der Waals surface area (Å²) in [5.74, 6) is 0.862. The lowest BCUT2D eigenvalue weighted by Crippen LogP contribution is -2.13. The molecule has 0 spiro atoms. The van der Waals surface area contributed by atoms with Crippen molar-refractivity contribution in [1.29, 1.82) is 0 Å². The molecule has 0 aliphatic rings. The quantitative estimate of drug-likeness (QED) is 0.513. The highest BCUT2D eigenvalue weighted by Gasteiger charge is 2.02. The Hall–Kier alpha value is -1.06. The van der Waals surface area contributed by atoms with E-state index in [4.69, 9.17) is 14.2 Å². The monoisotopic (exact) mass is 238 g/mol. The van der Waals surface area contributed by atoms with E-state index in [-0.39, 0.29) is 6.29 Å². The summed E-state index contributed by atoms with van der Waals surface area (Å²) in [6, 6.07) is 7.86. The van der Waals surface area contributed by atoms with E-state index < -0.39 is 0 Å². The van der Waals surface area contributed by atoms with Gasteiger partial charge in [0.25, 0.3) is 0 Å². The highest BCUT2D eigenvalue weighted by Crippen LogP contribution is 2.12. The molecule has 0 saturated heterocycles. The Balaban J connectivity index is 2.24. The lowest BCUT2D eigenvalue weighted by Gasteiger charge is -2.14. The lowest BCUT2D eigenvalue weighted by atomic mass is 10.2. The van der Waals surface area contributed by atoms with E-state index in [2.05, 4.69) is 6.92 Å². The second kappa shape index (κ2) is 8.09. The Morgan fingerprint density at radius 3 is 2.41 bits per heavy atom. The van der Waals surface area contributed by atoms with Crippen molar-refractivity contribution in [3.63, 3.8) is 0 Å². The predicted molar refractivity (Wildman–Crippen MR) is 68.1 cm³/mol. The minimum atomic E-state index is -0.149. The molecule has 1 rings (SSSR count). The summed E-state index contributed by atoms with van der Waals surface area (Å²) in [5.41, 5.74) is 1.12. The Bertz CT molecular complexity index is 295. The first-order chi connectivity index (χ1) is 8.26. The molecule has 0 aliphatic carbocycles. The lowest BCUT2D eigenvalue weighted by molar-refractivity contribution is -0.138. The zero-order valence-corrected chi connectivity index (χ0v) is 10.9. The van der Waals surface area contributed by atoms with Crippen LogP contribution in [0, 0.1) is 0 Å². The number of benzene rings is 1. The van der Waals surface area contributed by atoms with Gasteiger partial charge in [-0.3, -0.25) is 0 Å². The van der Waals surface area contributed by atoms with Gasteiger partial charge in [0.05, 0.1) is 13.7 Å². The van der Waals surface area contributed by atoms with Gasteiger partial charge < -0.3 is 14.2 Å². The van der Waals surface area contributed by atoms with Gasteiger partial charge in [0, 0.05) is 6.61 Å². The van der Waals surface area contributed by atoms with Crippen molar-refractivity contribution in [2.45, 2.75) is 39.6 Å². The van der Waals surface area contributed by atoms with Crippen LogP contribution in [0.5, 0.6) is 5.75 Å². The fraction of sp³-hybridized carbons (Fsp3) is 0.571. The van der Waals surface area contributed by atoms with Gasteiger partial charge in [0.2, 0.25) is 0 Å². The zero-order valence-electron chi connectivity index (χ0n) is 10.9. The maximum Gasteiger partial charge on any atom is 0.155 e. The molecule has 0 aromatic heterocycles. The van der Waals surface area contributed by atoms with E-state index in [1.54, 1.807) is 7.11 Å². The van der Waals surface area contributed by atoms with Gasteiger partial charge >= 0.3 is 0 Å². The van der Waals surface area contributed by atoms with E-state index in [1.165, 1.54) is 0 Å². The molecule has 0 heterocycles. The molecule has 0 radical (unpaired) electrons. The minimum absolute atomic E-state index is 0.149. The number of hydrogen-bond donors (Lipinski definition) is 0. The number of ether oxygens (including phenoxy) is 3. The molecule has 96 valence electrons. The third-order valence-electron chi connectivity index (χ3n) is 2.49. The van der Waals surface area contributed by atoms with Gasteiger partial charge in [0.15, 0.2) is 6.29 Å².